The molecule has 156 valence electrons. The van der Waals surface area contributed by atoms with Gasteiger partial charge in [-0.3, -0.25) is 9.48 Å². The molecule has 0 fully saturated rings. The zero-order chi connectivity index (χ0) is 21.3. The van der Waals surface area contributed by atoms with E-state index in [0.717, 1.165) is 12.1 Å². The minimum absolute atomic E-state index is 0.123. The van der Waals surface area contributed by atoms with Gasteiger partial charge in [0.15, 0.2) is 17.4 Å². The number of carbonyl (C=O) groups is 2. The number of urea groups is 1. The number of aliphatic hydroxyl groups is 1. The second kappa shape index (κ2) is 7.90. The predicted octanol–water partition coefficient (Wildman–Crippen LogP) is 3.19. The maximum atomic E-state index is 13.4. The van der Waals surface area contributed by atoms with Crippen LogP contribution in [0.5, 0.6) is 0 Å². The summed E-state index contributed by atoms with van der Waals surface area (Å²) in [5.74, 6) is -2.19. The van der Waals surface area contributed by atoms with Crippen molar-refractivity contribution in [3.8, 4) is 0 Å². The summed E-state index contributed by atoms with van der Waals surface area (Å²) in [6.07, 6.45) is 1.65. The van der Waals surface area contributed by atoms with Crippen molar-refractivity contribution in [3.63, 3.8) is 0 Å². The number of hydrogen-bond acceptors (Lipinski definition) is 4. The predicted molar refractivity (Wildman–Crippen MR) is 102 cm³/mol. The van der Waals surface area contributed by atoms with Crippen molar-refractivity contribution in [1.29, 1.82) is 0 Å². The third-order valence-corrected chi connectivity index (χ3v) is 5.04. The van der Waals surface area contributed by atoms with E-state index in [2.05, 4.69) is 10.4 Å². The number of aromatic nitrogens is 2. The van der Waals surface area contributed by atoms with E-state index in [1.165, 1.54) is 17.2 Å². The Labute approximate surface area is 167 Å². The van der Waals surface area contributed by atoms with Crippen LogP contribution in [0.3, 0.4) is 0 Å². The zero-order valence-corrected chi connectivity index (χ0v) is 16.6. The third kappa shape index (κ3) is 4.45. The second-order valence-corrected chi connectivity index (χ2v) is 8.15. The van der Waals surface area contributed by atoms with Crippen molar-refractivity contribution in [1.82, 2.24) is 14.7 Å². The lowest BCUT2D eigenvalue weighted by atomic mass is 9.86. The largest absolute Gasteiger partial charge is 0.396 e. The highest BCUT2D eigenvalue weighted by molar-refractivity contribution is 5.97. The Kier molecular flexibility index (Phi) is 5.70. The molecule has 2 amide bonds. The Morgan fingerprint density at radius 2 is 2.03 bits per heavy atom. The molecule has 0 spiro atoms. The number of Topliss-reactive ketones (excluding diaryl/α,β-unsaturated/α-hetero) is 1. The summed E-state index contributed by atoms with van der Waals surface area (Å²) < 4.78 is 28.2. The summed E-state index contributed by atoms with van der Waals surface area (Å²) in [5, 5.41) is 16.2. The molecular formula is C20H24F2N4O3. The Morgan fingerprint density at radius 3 is 2.69 bits per heavy atom. The highest BCUT2D eigenvalue weighted by Gasteiger charge is 2.32. The minimum atomic E-state index is -1.05. The van der Waals surface area contributed by atoms with E-state index in [9.17, 15) is 23.5 Å². The number of nitrogens with zero attached hydrogens (tertiary/aromatic N) is 3. The van der Waals surface area contributed by atoms with Gasteiger partial charge in [-0.15, -0.1) is 0 Å². The van der Waals surface area contributed by atoms with E-state index in [1.807, 2.05) is 6.92 Å². The summed E-state index contributed by atoms with van der Waals surface area (Å²) in [6, 6.07) is 2.44. The van der Waals surface area contributed by atoms with Crippen molar-refractivity contribution in [2.24, 2.45) is 5.41 Å². The van der Waals surface area contributed by atoms with Crippen LogP contribution in [0.2, 0.25) is 0 Å². The molecular weight excluding hydrogens is 382 g/mol. The maximum Gasteiger partial charge on any atom is 0.322 e. The molecule has 0 unspecified atom stereocenters. The first-order chi connectivity index (χ1) is 13.6. The van der Waals surface area contributed by atoms with Gasteiger partial charge >= 0.3 is 6.03 Å². The maximum absolute atomic E-state index is 13.4. The van der Waals surface area contributed by atoms with Gasteiger partial charge in [0.2, 0.25) is 0 Å². The third-order valence-electron chi connectivity index (χ3n) is 5.04. The van der Waals surface area contributed by atoms with E-state index >= 15 is 0 Å². The molecule has 0 saturated carbocycles. The number of benzene rings is 1. The fourth-order valence-electron chi connectivity index (χ4n) is 3.26. The number of rotatable bonds is 5. The number of aliphatic hydroxyl groups excluding tert-OH is 1. The van der Waals surface area contributed by atoms with Gasteiger partial charge in [0, 0.05) is 24.8 Å². The monoisotopic (exact) mass is 406 g/mol. The molecule has 1 atom stereocenters. The van der Waals surface area contributed by atoms with Gasteiger partial charge < -0.3 is 15.3 Å². The Balaban J connectivity index is 1.78. The fourth-order valence-corrected chi connectivity index (χ4v) is 3.26. The second-order valence-electron chi connectivity index (χ2n) is 8.15. The van der Waals surface area contributed by atoms with E-state index in [-0.39, 0.29) is 37.1 Å². The topological polar surface area (TPSA) is 87.5 Å². The highest BCUT2D eigenvalue weighted by atomic mass is 19.2. The molecule has 0 bridgehead atoms. The van der Waals surface area contributed by atoms with Crippen molar-refractivity contribution in [2.75, 3.05) is 11.9 Å². The van der Waals surface area contributed by atoms with Gasteiger partial charge in [0.1, 0.15) is 0 Å². The highest BCUT2D eigenvalue weighted by Crippen LogP contribution is 2.27. The molecule has 2 aromatic rings. The fraction of sp³-hybridized carbons (Fsp3) is 0.450. The molecule has 0 saturated heterocycles. The average molecular weight is 406 g/mol. The number of carbonyl (C=O) groups excluding carboxylic acids is 2. The minimum Gasteiger partial charge on any atom is -0.396 e. The first-order valence-electron chi connectivity index (χ1n) is 9.33. The number of anilines is 1. The molecule has 1 aliphatic heterocycles. The molecule has 1 aromatic heterocycles. The van der Waals surface area contributed by atoms with Crippen LogP contribution < -0.4 is 5.32 Å². The smallest absolute Gasteiger partial charge is 0.322 e. The molecule has 29 heavy (non-hydrogen) atoms. The number of amides is 2. The Morgan fingerprint density at radius 1 is 1.31 bits per heavy atom. The van der Waals surface area contributed by atoms with Crippen LogP contribution in [0.25, 0.3) is 0 Å². The quantitative estimate of drug-likeness (QED) is 0.747. The summed E-state index contributed by atoms with van der Waals surface area (Å²) in [6.45, 7) is 5.86. The van der Waals surface area contributed by atoms with Crippen LogP contribution in [-0.4, -0.2) is 44.3 Å². The molecule has 9 heteroatoms. The van der Waals surface area contributed by atoms with Gasteiger partial charge in [-0.05, 0) is 24.5 Å². The van der Waals surface area contributed by atoms with Gasteiger partial charge in [0.25, 0.3) is 0 Å². The zero-order valence-electron chi connectivity index (χ0n) is 16.6. The van der Waals surface area contributed by atoms with Crippen LogP contribution >= 0.6 is 0 Å². The molecule has 0 radical (unpaired) electrons. The van der Waals surface area contributed by atoms with Crippen molar-refractivity contribution < 1.29 is 23.5 Å². The molecule has 1 aliphatic rings. The van der Waals surface area contributed by atoms with Gasteiger partial charge in [-0.2, -0.15) is 5.10 Å². The van der Waals surface area contributed by atoms with Crippen LogP contribution in [0.1, 0.15) is 43.2 Å². The number of hydrogen-bond donors (Lipinski definition) is 2. The van der Waals surface area contributed by atoms with Crippen molar-refractivity contribution >= 4 is 17.5 Å². The number of fused-ring (bicyclic) bond motifs is 1. The average Bonchev–Trinajstić information content (AvgIpc) is 3.06. The summed E-state index contributed by atoms with van der Waals surface area (Å²) in [5.41, 5.74) is 0.616. The number of nitrogens with one attached hydrogen (secondary N) is 1. The van der Waals surface area contributed by atoms with Crippen LogP contribution in [0.15, 0.2) is 24.4 Å². The van der Waals surface area contributed by atoms with Crippen LogP contribution in [0.4, 0.5) is 19.3 Å². The lowest BCUT2D eigenvalue weighted by Crippen LogP contribution is -2.47. The standard InChI is InChI=1S/C20H24F2N4O3/c1-12-9-26-17(14(8-23-26)18(28)7-20(2,3)11-27)10-25(12)19(29)24-13-4-5-15(21)16(22)6-13/h4-6,8,12,27H,7,9-11H2,1-3H3,(H,24,29)/t12-/m1/s1. The van der Waals surface area contributed by atoms with E-state index in [1.54, 1.807) is 18.5 Å². The molecule has 2 N–H and O–H groups in total. The normalized spacial score (nSPS) is 16.5. The Hall–Kier alpha value is -2.81. The lowest BCUT2D eigenvalue weighted by molar-refractivity contribution is 0.0854. The van der Waals surface area contributed by atoms with Gasteiger partial charge in [-0.25, -0.2) is 13.6 Å². The molecule has 1 aromatic carbocycles. The van der Waals surface area contributed by atoms with E-state index in [0.29, 0.717) is 17.8 Å². The summed E-state index contributed by atoms with van der Waals surface area (Å²) in [4.78, 5) is 26.9. The molecule has 2 heterocycles. The van der Waals surface area contributed by atoms with E-state index < -0.39 is 23.1 Å². The first-order valence-corrected chi connectivity index (χ1v) is 9.33. The van der Waals surface area contributed by atoms with Crippen LogP contribution in [-0.2, 0) is 13.1 Å². The van der Waals surface area contributed by atoms with Gasteiger partial charge in [0.05, 0.1) is 36.6 Å². The lowest BCUT2D eigenvalue weighted by Gasteiger charge is -2.34. The van der Waals surface area contributed by atoms with E-state index in [4.69, 9.17) is 0 Å². The Bertz CT molecular complexity index is 942. The van der Waals surface area contributed by atoms with Crippen LogP contribution in [0, 0.1) is 17.0 Å². The van der Waals surface area contributed by atoms with Gasteiger partial charge in [-0.1, -0.05) is 13.8 Å². The molecule has 0 aliphatic carbocycles. The number of halogens is 2. The summed E-state index contributed by atoms with van der Waals surface area (Å²) in [7, 11) is 0. The molecule has 3 rings (SSSR count). The molecule has 7 nitrogen and oxygen atoms in total. The first kappa shape index (κ1) is 20.9. The number of ketones is 1. The summed E-state index contributed by atoms with van der Waals surface area (Å²) >= 11 is 0. The van der Waals surface area contributed by atoms with Crippen molar-refractivity contribution in [3.05, 3.63) is 47.3 Å². The SMILES string of the molecule is C[C@@H]1Cn2ncc(C(=O)CC(C)(C)CO)c2CN1C(=O)Nc1ccc(F)c(F)c1. The van der Waals surface area contributed by atoms with Crippen molar-refractivity contribution in [2.45, 2.75) is 46.3 Å².